The maximum Gasteiger partial charge on any atom is 0.335 e. The lowest BCUT2D eigenvalue weighted by molar-refractivity contribution is -0.136. The zero-order valence-electron chi connectivity index (χ0n) is 16.5. The van der Waals surface area contributed by atoms with Gasteiger partial charge in [-0.25, -0.2) is 4.79 Å². The van der Waals surface area contributed by atoms with Crippen molar-refractivity contribution in [2.75, 3.05) is 5.73 Å². The number of nitrogens with zero attached hydrogens (tertiary/aromatic N) is 1. The number of carboxylic acid groups (broad SMARTS) is 1. The number of nitrogens with one attached hydrogen (secondary N) is 1. The lowest BCUT2D eigenvalue weighted by Gasteiger charge is -2.29. The van der Waals surface area contributed by atoms with E-state index in [2.05, 4.69) is 5.32 Å². The van der Waals surface area contributed by atoms with E-state index in [0.717, 1.165) is 17.7 Å². The normalized spacial score (nSPS) is 16.9. The minimum Gasteiger partial charge on any atom is -0.504 e. The molecule has 2 aromatic carbocycles. The number of carbonyl (C=O) groups excluding carboxylic acids is 3. The van der Waals surface area contributed by atoms with Crippen molar-refractivity contribution in [2.24, 2.45) is 0 Å². The van der Waals surface area contributed by atoms with Crippen LogP contribution in [0.5, 0.6) is 17.2 Å². The maximum atomic E-state index is 12.3. The highest BCUT2D eigenvalue weighted by Gasteiger charge is 2.39. The van der Waals surface area contributed by atoms with Gasteiger partial charge in [0.2, 0.25) is 11.8 Å². The van der Waals surface area contributed by atoms with Crippen molar-refractivity contribution < 1.29 is 45.1 Å². The van der Waals surface area contributed by atoms with Gasteiger partial charge < -0.3 is 36.5 Å². The number of nitrogen functional groups attached to an aromatic ring is 1. The number of aromatic carboxylic acids is 1. The van der Waals surface area contributed by atoms with Crippen molar-refractivity contribution in [3.63, 3.8) is 0 Å². The first kappa shape index (κ1) is 24.0. The van der Waals surface area contributed by atoms with E-state index in [1.807, 2.05) is 0 Å². The lowest BCUT2D eigenvalue weighted by Crippen LogP contribution is -2.52. The van der Waals surface area contributed by atoms with Crippen LogP contribution in [-0.4, -0.2) is 60.5 Å². The van der Waals surface area contributed by atoms with Gasteiger partial charge in [0, 0.05) is 29.8 Å². The molecule has 1 saturated heterocycles. The van der Waals surface area contributed by atoms with Gasteiger partial charge in [-0.15, -0.1) is 0 Å². The molecule has 0 aliphatic carbocycles. The Hall–Kier alpha value is -4.32. The molecule has 0 bridgehead atoms. The Labute approximate surface area is 180 Å². The largest absolute Gasteiger partial charge is 0.504 e. The Kier molecular flexibility index (Phi) is 6.90. The molecule has 12 nitrogen and oxygen atoms in total. The highest BCUT2D eigenvalue weighted by molar-refractivity contribution is 6.06. The third kappa shape index (κ3) is 4.54. The molecule has 0 spiro atoms. The van der Waals surface area contributed by atoms with E-state index in [9.17, 15) is 19.2 Å². The van der Waals surface area contributed by atoms with Crippen molar-refractivity contribution in [3.8, 4) is 17.2 Å². The van der Waals surface area contributed by atoms with Crippen LogP contribution >= 0.6 is 0 Å². The number of carboxylic acids is 1. The molecule has 3 amide bonds. The second kappa shape index (κ2) is 9.22. The van der Waals surface area contributed by atoms with Gasteiger partial charge >= 0.3 is 5.97 Å². The fraction of sp³-hybridized carbons (Fsp3) is 0.200. The van der Waals surface area contributed by atoms with Crippen LogP contribution in [0, 0.1) is 0 Å². The second-order valence-electron chi connectivity index (χ2n) is 6.94. The lowest BCUT2D eigenvalue weighted by atomic mass is 10.0. The summed E-state index contributed by atoms with van der Waals surface area (Å²) in [5, 5.41) is 37.2. The molecule has 32 heavy (non-hydrogen) atoms. The summed E-state index contributed by atoms with van der Waals surface area (Å²) in [6.07, 6.45) is 0.621. The number of hydrogen-bond acceptors (Lipinski definition) is 8. The fourth-order valence-corrected chi connectivity index (χ4v) is 3.34. The molecular formula is C20H21N3O9. The number of anilines is 1. The SMILES string of the molecule is Nc1cccc2c1CN([C@@H]1CCC(=O)NC1=O)C2=O.O.O=C(O)c1cc(O)c(O)c(O)c1. The molecule has 1 fully saturated rings. The average molecular weight is 447 g/mol. The monoisotopic (exact) mass is 447 g/mol. The van der Waals surface area contributed by atoms with Gasteiger partial charge in [0.25, 0.3) is 5.91 Å². The van der Waals surface area contributed by atoms with E-state index >= 15 is 0 Å². The Balaban J connectivity index is 0.000000244. The zero-order chi connectivity index (χ0) is 22.9. The topological polar surface area (TPSA) is 222 Å². The molecule has 1 atom stereocenters. The van der Waals surface area contributed by atoms with Crippen LogP contribution in [0.15, 0.2) is 30.3 Å². The fourth-order valence-electron chi connectivity index (χ4n) is 3.34. The molecule has 2 heterocycles. The third-order valence-electron chi connectivity index (χ3n) is 4.93. The number of nitrogens with two attached hydrogens (primary N) is 1. The number of benzene rings is 2. The number of phenolic OH excluding ortho intramolecular Hbond substituents is 3. The Morgan fingerprint density at radius 3 is 2.25 bits per heavy atom. The van der Waals surface area contributed by atoms with Gasteiger partial charge in [0.05, 0.1) is 5.56 Å². The molecule has 2 aliphatic heterocycles. The minimum atomic E-state index is -1.29. The van der Waals surface area contributed by atoms with Crippen molar-refractivity contribution in [1.82, 2.24) is 10.2 Å². The number of aromatic hydroxyl groups is 3. The van der Waals surface area contributed by atoms with Crippen molar-refractivity contribution in [3.05, 3.63) is 47.0 Å². The number of carbonyl (C=O) groups is 4. The summed E-state index contributed by atoms with van der Waals surface area (Å²) in [4.78, 5) is 47.0. The zero-order valence-corrected chi connectivity index (χ0v) is 16.5. The summed E-state index contributed by atoms with van der Waals surface area (Å²) >= 11 is 0. The van der Waals surface area contributed by atoms with Gasteiger partial charge in [0.1, 0.15) is 6.04 Å². The van der Waals surface area contributed by atoms with Crippen LogP contribution in [0.3, 0.4) is 0 Å². The van der Waals surface area contributed by atoms with Crippen LogP contribution < -0.4 is 11.1 Å². The predicted octanol–water partition coefficient (Wildman–Crippen LogP) is -0.293. The van der Waals surface area contributed by atoms with E-state index in [0.29, 0.717) is 24.2 Å². The number of hydrogen-bond donors (Lipinski definition) is 6. The molecule has 0 saturated carbocycles. The van der Waals surface area contributed by atoms with Gasteiger partial charge in [-0.1, -0.05) is 6.07 Å². The van der Waals surface area contributed by atoms with Crippen molar-refractivity contribution in [1.29, 1.82) is 0 Å². The van der Waals surface area contributed by atoms with Gasteiger partial charge in [0.15, 0.2) is 17.2 Å². The molecule has 2 aromatic rings. The van der Waals surface area contributed by atoms with E-state index in [1.165, 1.54) is 4.90 Å². The first-order chi connectivity index (χ1) is 14.6. The Morgan fingerprint density at radius 2 is 1.72 bits per heavy atom. The van der Waals surface area contributed by atoms with Gasteiger partial charge in [-0.3, -0.25) is 19.7 Å². The van der Waals surface area contributed by atoms with Crippen LogP contribution in [0.4, 0.5) is 5.69 Å². The molecule has 170 valence electrons. The predicted molar refractivity (Wildman–Crippen MR) is 109 cm³/mol. The maximum absolute atomic E-state index is 12.3. The average Bonchev–Trinajstić information content (AvgIpc) is 3.04. The summed E-state index contributed by atoms with van der Waals surface area (Å²) in [5.74, 6) is -4.22. The van der Waals surface area contributed by atoms with E-state index < -0.39 is 35.2 Å². The minimum absolute atomic E-state index is 0. The van der Waals surface area contributed by atoms with E-state index in [4.69, 9.17) is 26.2 Å². The van der Waals surface area contributed by atoms with Gasteiger partial charge in [-0.05, 0) is 30.7 Å². The molecule has 0 radical (unpaired) electrons. The number of imide groups is 1. The van der Waals surface area contributed by atoms with Crippen molar-refractivity contribution >= 4 is 29.4 Å². The number of phenols is 3. The molecule has 12 heteroatoms. The molecule has 2 aliphatic rings. The number of piperidine rings is 1. The standard InChI is InChI=1S/C13H13N3O3.C7H6O5.H2O/c14-9-3-1-2-7-8(9)6-16(13(7)19)10-4-5-11(17)15-12(10)18;8-4-1-3(7(11)12)2-5(9)6(4)10;/h1-3,10H,4-6,14H2,(H,15,17,18);1-2,8-10H,(H,11,12);1H2/t10-;;/m1../s1. The Bertz CT molecular complexity index is 1080. The summed E-state index contributed by atoms with van der Waals surface area (Å²) in [7, 11) is 0. The quantitative estimate of drug-likeness (QED) is 0.202. The molecule has 9 N–H and O–H groups in total. The first-order valence-corrected chi connectivity index (χ1v) is 9.10. The summed E-state index contributed by atoms with van der Waals surface area (Å²) in [6.45, 7) is 0.327. The molecule has 4 rings (SSSR count). The summed E-state index contributed by atoms with van der Waals surface area (Å²) < 4.78 is 0. The second-order valence-corrected chi connectivity index (χ2v) is 6.94. The van der Waals surface area contributed by atoms with Gasteiger partial charge in [-0.2, -0.15) is 0 Å². The third-order valence-corrected chi connectivity index (χ3v) is 4.93. The van der Waals surface area contributed by atoms with E-state index in [-0.39, 0.29) is 29.3 Å². The molecule has 0 aromatic heterocycles. The Morgan fingerprint density at radius 1 is 1.09 bits per heavy atom. The number of fused-ring (bicyclic) bond motifs is 1. The first-order valence-electron chi connectivity index (χ1n) is 9.10. The molecular weight excluding hydrogens is 426 g/mol. The van der Waals surface area contributed by atoms with Crippen LogP contribution in [0.25, 0.3) is 0 Å². The van der Waals surface area contributed by atoms with Crippen LogP contribution in [-0.2, 0) is 16.1 Å². The van der Waals surface area contributed by atoms with E-state index in [1.54, 1.807) is 18.2 Å². The number of amides is 3. The summed E-state index contributed by atoms with van der Waals surface area (Å²) in [6, 6.07) is 6.27. The highest BCUT2D eigenvalue weighted by Crippen LogP contribution is 2.35. The molecule has 0 unspecified atom stereocenters. The smallest absolute Gasteiger partial charge is 0.335 e. The van der Waals surface area contributed by atoms with Crippen LogP contribution in [0.1, 0.15) is 39.1 Å². The van der Waals surface area contributed by atoms with Crippen LogP contribution in [0.2, 0.25) is 0 Å². The summed E-state index contributed by atoms with van der Waals surface area (Å²) in [5.41, 5.74) is 7.42. The number of rotatable bonds is 2. The highest BCUT2D eigenvalue weighted by atomic mass is 16.4. The van der Waals surface area contributed by atoms with Crippen molar-refractivity contribution in [2.45, 2.75) is 25.4 Å².